The highest BCUT2D eigenvalue weighted by atomic mass is 16.7. The van der Waals surface area contributed by atoms with Gasteiger partial charge in [-0.15, -0.1) is 0 Å². The molecule has 0 aliphatic carbocycles. The van der Waals surface area contributed by atoms with Gasteiger partial charge in [0, 0.05) is 18.6 Å². The minimum Gasteiger partial charge on any atom is -0.493 e. The normalized spacial score (nSPS) is 14.8. The molecular formula is C16H26N2O3. The van der Waals surface area contributed by atoms with Gasteiger partial charge >= 0.3 is 0 Å². The Hall–Kier alpha value is -1.46. The van der Waals surface area contributed by atoms with Crippen molar-refractivity contribution in [1.82, 2.24) is 4.90 Å². The van der Waals surface area contributed by atoms with E-state index in [1.807, 2.05) is 12.1 Å². The summed E-state index contributed by atoms with van der Waals surface area (Å²) >= 11 is 0. The van der Waals surface area contributed by atoms with E-state index in [4.69, 9.17) is 19.9 Å². The van der Waals surface area contributed by atoms with Crippen LogP contribution in [-0.4, -0.2) is 37.9 Å². The van der Waals surface area contributed by atoms with Crippen LogP contribution in [0.4, 0.5) is 0 Å². The van der Waals surface area contributed by atoms with Crippen molar-refractivity contribution in [2.24, 2.45) is 5.73 Å². The number of hydrogen-bond acceptors (Lipinski definition) is 5. The molecule has 1 atom stereocenters. The summed E-state index contributed by atoms with van der Waals surface area (Å²) in [6.07, 6.45) is 1.09. The first-order chi connectivity index (χ1) is 10.1. The molecule has 1 aromatic rings. The number of ether oxygens (including phenoxy) is 3. The van der Waals surface area contributed by atoms with Crippen LogP contribution in [0.15, 0.2) is 12.1 Å². The second-order valence-corrected chi connectivity index (χ2v) is 5.54. The van der Waals surface area contributed by atoms with Crippen molar-refractivity contribution in [2.45, 2.75) is 39.3 Å². The molecule has 1 unspecified atom stereocenters. The molecular weight excluding hydrogens is 268 g/mol. The highest BCUT2D eigenvalue weighted by Crippen LogP contribution is 2.43. The van der Waals surface area contributed by atoms with Crippen molar-refractivity contribution in [1.29, 1.82) is 0 Å². The topological polar surface area (TPSA) is 57.0 Å². The Balaban J connectivity index is 2.37. The number of nitrogens with zero attached hydrogens (tertiary/aromatic N) is 1. The van der Waals surface area contributed by atoms with Gasteiger partial charge in [-0.1, -0.05) is 6.92 Å². The number of benzene rings is 1. The fraction of sp³-hybridized carbons (Fsp3) is 0.625. The standard InChI is InChI=1S/C16H26N2O3/c1-5-6-18(11(2)3)13(9-17)12-7-14(19-4)16-15(8-12)20-10-21-16/h7-8,11,13H,5-6,9-10,17H2,1-4H3. The van der Waals surface area contributed by atoms with E-state index in [9.17, 15) is 0 Å². The molecule has 0 saturated carbocycles. The molecule has 0 spiro atoms. The van der Waals surface area contributed by atoms with Crippen molar-refractivity contribution < 1.29 is 14.2 Å². The average molecular weight is 294 g/mol. The van der Waals surface area contributed by atoms with E-state index in [0.29, 0.717) is 24.1 Å². The smallest absolute Gasteiger partial charge is 0.231 e. The summed E-state index contributed by atoms with van der Waals surface area (Å²) in [7, 11) is 1.64. The lowest BCUT2D eigenvalue weighted by Crippen LogP contribution is -2.39. The molecule has 1 aliphatic rings. The molecule has 2 N–H and O–H groups in total. The van der Waals surface area contributed by atoms with E-state index in [0.717, 1.165) is 24.3 Å². The highest BCUT2D eigenvalue weighted by Gasteiger charge is 2.26. The zero-order chi connectivity index (χ0) is 15.4. The third kappa shape index (κ3) is 3.24. The molecule has 5 nitrogen and oxygen atoms in total. The Bertz CT molecular complexity index is 477. The zero-order valence-electron chi connectivity index (χ0n) is 13.4. The number of fused-ring (bicyclic) bond motifs is 1. The summed E-state index contributed by atoms with van der Waals surface area (Å²) in [5.74, 6) is 2.13. The lowest BCUT2D eigenvalue weighted by atomic mass is 10.0. The summed E-state index contributed by atoms with van der Waals surface area (Å²) < 4.78 is 16.4. The van der Waals surface area contributed by atoms with Crippen LogP contribution in [0.25, 0.3) is 0 Å². The van der Waals surface area contributed by atoms with Gasteiger partial charge in [0.1, 0.15) is 0 Å². The van der Waals surface area contributed by atoms with Gasteiger partial charge in [0.05, 0.1) is 7.11 Å². The van der Waals surface area contributed by atoms with E-state index >= 15 is 0 Å². The minimum atomic E-state index is 0.147. The van der Waals surface area contributed by atoms with Gasteiger partial charge in [0.25, 0.3) is 0 Å². The summed E-state index contributed by atoms with van der Waals surface area (Å²) in [5, 5.41) is 0. The Labute approximate surface area is 127 Å². The average Bonchev–Trinajstić information content (AvgIpc) is 2.94. The van der Waals surface area contributed by atoms with E-state index in [1.165, 1.54) is 0 Å². The fourth-order valence-corrected chi connectivity index (χ4v) is 2.84. The maximum atomic E-state index is 6.06. The quantitative estimate of drug-likeness (QED) is 0.837. The van der Waals surface area contributed by atoms with Gasteiger partial charge in [0.15, 0.2) is 11.5 Å². The maximum Gasteiger partial charge on any atom is 0.231 e. The van der Waals surface area contributed by atoms with Crippen molar-refractivity contribution >= 4 is 0 Å². The molecule has 0 saturated heterocycles. The second kappa shape index (κ2) is 7.00. The molecule has 0 fully saturated rings. The van der Waals surface area contributed by atoms with Crippen LogP contribution in [0.2, 0.25) is 0 Å². The number of rotatable bonds is 7. The molecule has 5 heteroatoms. The van der Waals surface area contributed by atoms with E-state index in [-0.39, 0.29) is 12.8 Å². The van der Waals surface area contributed by atoms with Crippen LogP contribution in [0.1, 0.15) is 38.8 Å². The van der Waals surface area contributed by atoms with Gasteiger partial charge in [-0.2, -0.15) is 0 Å². The van der Waals surface area contributed by atoms with Crippen molar-refractivity contribution in [2.75, 3.05) is 27.0 Å². The van der Waals surface area contributed by atoms with Crippen LogP contribution in [0, 0.1) is 0 Å². The Morgan fingerprint density at radius 1 is 1.33 bits per heavy atom. The summed E-state index contributed by atoms with van der Waals surface area (Å²) in [6, 6.07) is 4.60. The van der Waals surface area contributed by atoms with Crippen molar-refractivity contribution in [3.8, 4) is 17.2 Å². The van der Waals surface area contributed by atoms with Gasteiger partial charge < -0.3 is 19.9 Å². The molecule has 1 aliphatic heterocycles. The summed E-state index contributed by atoms with van der Waals surface area (Å²) in [5.41, 5.74) is 7.17. The predicted molar refractivity (Wildman–Crippen MR) is 83.0 cm³/mol. The summed E-state index contributed by atoms with van der Waals surface area (Å²) in [4.78, 5) is 2.41. The van der Waals surface area contributed by atoms with Crippen molar-refractivity contribution in [3.63, 3.8) is 0 Å². The van der Waals surface area contributed by atoms with Gasteiger partial charge in [0.2, 0.25) is 12.5 Å². The minimum absolute atomic E-state index is 0.147. The van der Waals surface area contributed by atoms with Crippen LogP contribution < -0.4 is 19.9 Å². The van der Waals surface area contributed by atoms with E-state index in [2.05, 4.69) is 25.7 Å². The molecule has 2 rings (SSSR count). The van der Waals surface area contributed by atoms with Gasteiger partial charge in [-0.05, 0) is 44.5 Å². The summed E-state index contributed by atoms with van der Waals surface area (Å²) in [6.45, 7) is 8.39. The van der Waals surface area contributed by atoms with Crippen LogP contribution in [-0.2, 0) is 0 Å². The first kappa shape index (κ1) is 15.9. The largest absolute Gasteiger partial charge is 0.493 e. The van der Waals surface area contributed by atoms with Gasteiger partial charge in [-0.25, -0.2) is 0 Å². The van der Waals surface area contributed by atoms with E-state index < -0.39 is 0 Å². The molecule has 0 bridgehead atoms. The fourth-order valence-electron chi connectivity index (χ4n) is 2.84. The lowest BCUT2D eigenvalue weighted by molar-refractivity contribution is 0.156. The van der Waals surface area contributed by atoms with Gasteiger partial charge in [-0.3, -0.25) is 4.90 Å². The Morgan fingerprint density at radius 3 is 2.67 bits per heavy atom. The van der Waals surface area contributed by atoms with Crippen LogP contribution in [0.5, 0.6) is 17.2 Å². The lowest BCUT2D eigenvalue weighted by Gasteiger charge is -2.34. The first-order valence-electron chi connectivity index (χ1n) is 7.55. The molecule has 0 aromatic heterocycles. The maximum absolute atomic E-state index is 6.06. The SMILES string of the molecule is CCCN(C(C)C)C(CN)c1cc(OC)c2c(c1)OCO2. The van der Waals surface area contributed by atoms with Crippen LogP contribution in [0.3, 0.4) is 0 Å². The monoisotopic (exact) mass is 294 g/mol. The molecule has 1 heterocycles. The van der Waals surface area contributed by atoms with E-state index in [1.54, 1.807) is 7.11 Å². The Kier molecular flexibility index (Phi) is 5.31. The molecule has 1 aromatic carbocycles. The molecule has 0 amide bonds. The van der Waals surface area contributed by atoms with Crippen LogP contribution >= 0.6 is 0 Å². The second-order valence-electron chi connectivity index (χ2n) is 5.54. The first-order valence-corrected chi connectivity index (χ1v) is 7.55. The number of methoxy groups -OCH3 is 1. The molecule has 21 heavy (non-hydrogen) atoms. The highest BCUT2D eigenvalue weighted by molar-refractivity contribution is 5.55. The third-order valence-corrected chi connectivity index (χ3v) is 3.83. The zero-order valence-corrected chi connectivity index (χ0v) is 13.4. The number of hydrogen-bond donors (Lipinski definition) is 1. The number of nitrogens with two attached hydrogens (primary N) is 1. The predicted octanol–water partition coefficient (Wildman–Crippen LogP) is 2.54. The third-order valence-electron chi connectivity index (χ3n) is 3.83. The molecule has 118 valence electrons. The van der Waals surface area contributed by atoms with Crippen molar-refractivity contribution in [3.05, 3.63) is 17.7 Å². The molecule has 0 radical (unpaired) electrons. The Morgan fingerprint density at radius 2 is 2.10 bits per heavy atom.